The van der Waals surface area contributed by atoms with Crippen LogP contribution in [0.1, 0.15) is 51.2 Å². The van der Waals surface area contributed by atoms with Gasteiger partial charge < -0.3 is 15.3 Å². The van der Waals surface area contributed by atoms with Crippen LogP contribution in [0, 0.1) is 5.41 Å². The number of carbonyl (C=O) groups is 2. The molecule has 0 spiro atoms. The lowest BCUT2D eigenvalue weighted by molar-refractivity contribution is -0.139. The number of carbonyl (C=O) groups excluding carboxylic acids is 1. The van der Waals surface area contributed by atoms with Crippen molar-refractivity contribution in [1.29, 1.82) is 0 Å². The second-order valence-corrected chi connectivity index (χ2v) is 7.79. The first-order chi connectivity index (χ1) is 11.2. The summed E-state index contributed by atoms with van der Waals surface area (Å²) >= 11 is 0. The highest BCUT2D eigenvalue weighted by Crippen LogP contribution is 2.28. The summed E-state index contributed by atoms with van der Waals surface area (Å²) in [6.07, 6.45) is 2.77. The Bertz CT molecular complexity index is 620. The number of aliphatic carboxylic acids is 1. The molecule has 1 aromatic carbocycles. The summed E-state index contributed by atoms with van der Waals surface area (Å²) < 4.78 is 0. The molecule has 1 aliphatic rings. The van der Waals surface area contributed by atoms with Gasteiger partial charge in [0.05, 0.1) is 0 Å². The number of nitrogens with one attached hydrogen (secondary N) is 1. The molecule has 5 nitrogen and oxygen atoms in total. The van der Waals surface area contributed by atoms with Gasteiger partial charge in [-0.05, 0) is 41.9 Å². The fourth-order valence-corrected chi connectivity index (χ4v) is 2.92. The van der Waals surface area contributed by atoms with Crippen molar-refractivity contribution < 1.29 is 14.7 Å². The van der Waals surface area contributed by atoms with Gasteiger partial charge in [-0.1, -0.05) is 32.9 Å². The number of fused-ring (bicyclic) bond motifs is 1. The number of nitrogens with zero attached hydrogens (tertiary/aromatic N) is 1. The molecule has 2 N–H and O–H groups in total. The Hall–Kier alpha value is -1.88. The summed E-state index contributed by atoms with van der Waals surface area (Å²) in [5.74, 6) is -0.689. The largest absolute Gasteiger partial charge is 0.480 e. The Labute approximate surface area is 144 Å². The fourth-order valence-electron chi connectivity index (χ4n) is 2.92. The van der Waals surface area contributed by atoms with Crippen molar-refractivity contribution in [3.63, 3.8) is 0 Å². The van der Waals surface area contributed by atoms with E-state index in [2.05, 4.69) is 26.1 Å². The molecule has 0 bridgehead atoms. The number of aryl methyl sites for hydroxylation is 1. The number of amides is 1. The minimum absolute atomic E-state index is 0.115. The number of rotatable bonds is 6. The van der Waals surface area contributed by atoms with Gasteiger partial charge in [-0.15, -0.1) is 0 Å². The van der Waals surface area contributed by atoms with Crippen LogP contribution in [0.5, 0.6) is 0 Å². The molecule has 0 aromatic heterocycles. The number of carboxylic acids is 1. The first-order valence-electron chi connectivity index (χ1n) is 8.52. The topological polar surface area (TPSA) is 69.6 Å². The van der Waals surface area contributed by atoms with E-state index in [9.17, 15) is 14.7 Å². The highest BCUT2D eigenvalue weighted by atomic mass is 16.4. The van der Waals surface area contributed by atoms with Gasteiger partial charge in [0.1, 0.15) is 6.04 Å². The van der Waals surface area contributed by atoms with Gasteiger partial charge in [0.2, 0.25) is 5.91 Å². The summed E-state index contributed by atoms with van der Waals surface area (Å²) in [6, 6.07) is 5.49. The second kappa shape index (κ2) is 7.34. The van der Waals surface area contributed by atoms with Crippen molar-refractivity contribution in [2.24, 2.45) is 5.41 Å². The molecule has 1 aromatic rings. The van der Waals surface area contributed by atoms with Crippen molar-refractivity contribution in [1.82, 2.24) is 5.32 Å². The normalized spacial score (nSPS) is 16.0. The molecule has 2 rings (SSSR count). The Morgan fingerprint density at radius 3 is 2.67 bits per heavy atom. The molecule has 0 saturated heterocycles. The van der Waals surface area contributed by atoms with Crippen LogP contribution >= 0.6 is 0 Å². The molecule has 1 aliphatic heterocycles. The Morgan fingerprint density at radius 2 is 2.04 bits per heavy atom. The van der Waals surface area contributed by atoms with Crippen LogP contribution in [-0.2, 0) is 22.6 Å². The van der Waals surface area contributed by atoms with E-state index in [-0.39, 0.29) is 11.3 Å². The van der Waals surface area contributed by atoms with Gasteiger partial charge in [0.25, 0.3) is 0 Å². The zero-order valence-electron chi connectivity index (χ0n) is 15.1. The molecular weight excluding hydrogens is 304 g/mol. The number of anilines is 1. The minimum Gasteiger partial charge on any atom is -0.480 e. The third kappa shape index (κ3) is 4.81. The van der Waals surface area contributed by atoms with Crippen LogP contribution < -0.4 is 10.2 Å². The van der Waals surface area contributed by atoms with E-state index >= 15 is 0 Å². The van der Waals surface area contributed by atoms with Gasteiger partial charge in [-0.2, -0.15) is 0 Å². The van der Waals surface area contributed by atoms with E-state index in [1.807, 2.05) is 18.2 Å². The molecule has 0 aliphatic carbocycles. The maximum atomic E-state index is 11.8. The Kier molecular flexibility index (Phi) is 5.65. The standard InChI is InChI=1S/C19H28N2O3/c1-19(2,3)10-9-15(18(23)24)20-12-13-5-6-14-7-8-17(22)21(4)16(14)11-13/h5-6,11,15,20H,7-10,12H2,1-4H3,(H,23,24). The van der Waals surface area contributed by atoms with Gasteiger partial charge >= 0.3 is 5.97 Å². The molecule has 0 radical (unpaired) electrons. The number of hydrogen-bond acceptors (Lipinski definition) is 3. The zero-order chi connectivity index (χ0) is 17.9. The number of carboxylic acid groups (broad SMARTS) is 1. The number of hydrogen-bond donors (Lipinski definition) is 2. The van der Waals surface area contributed by atoms with Gasteiger partial charge in [-0.3, -0.25) is 9.59 Å². The lowest BCUT2D eigenvalue weighted by Gasteiger charge is -2.26. The fraction of sp³-hybridized carbons (Fsp3) is 0.579. The van der Waals surface area contributed by atoms with Crippen LogP contribution in [0.25, 0.3) is 0 Å². The molecular formula is C19H28N2O3. The lowest BCUT2D eigenvalue weighted by atomic mass is 9.88. The van der Waals surface area contributed by atoms with Crippen molar-refractivity contribution in [2.45, 2.75) is 59.0 Å². The molecule has 1 unspecified atom stereocenters. The molecule has 5 heteroatoms. The average Bonchev–Trinajstić information content (AvgIpc) is 2.50. The number of benzene rings is 1. The van der Waals surface area contributed by atoms with Crippen molar-refractivity contribution in [3.8, 4) is 0 Å². The Balaban J connectivity index is 2.02. The van der Waals surface area contributed by atoms with Gasteiger partial charge in [0.15, 0.2) is 0 Å². The summed E-state index contributed by atoms with van der Waals surface area (Å²) in [4.78, 5) is 25.0. The summed E-state index contributed by atoms with van der Waals surface area (Å²) in [5.41, 5.74) is 3.22. The highest BCUT2D eigenvalue weighted by molar-refractivity contribution is 5.95. The van der Waals surface area contributed by atoms with E-state index < -0.39 is 12.0 Å². The zero-order valence-corrected chi connectivity index (χ0v) is 15.1. The van der Waals surface area contributed by atoms with Crippen LogP contribution in [0.15, 0.2) is 18.2 Å². The predicted molar refractivity (Wildman–Crippen MR) is 95.1 cm³/mol. The van der Waals surface area contributed by atoms with E-state index in [1.54, 1.807) is 11.9 Å². The smallest absolute Gasteiger partial charge is 0.320 e. The summed E-state index contributed by atoms with van der Waals surface area (Å²) in [5, 5.41) is 12.5. The first kappa shape index (κ1) is 18.5. The minimum atomic E-state index is -0.815. The van der Waals surface area contributed by atoms with E-state index in [0.717, 1.165) is 24.1 Å². The van der Waals surface area contributed by atoms with Crippen molar-refractivity contribution in [2.75, 3.05) is 11.9 Å². The van der Waals surface area contributed by atoms with Crippen LogP contribution in [0.4, 0.5) is 5.69 Å². The quantitative estimate of drug-likeness (QED) is 0.840. The molecule has 1 atom stereocenters. The van der Waals surface area contributed by atoms with Gasteiger partial charge in [0, 0.05) is 25.7 Å². The third-order valence-corrected chi connectivity index (χ3v) is 4.53. The SMILES string of the molecule is CN1C(=O)CCc2ccc(CNC(CCC(C)(C)C)C(=O)O)cc21. The predicted octanol–water partition coefficient (Wildman–Crippen LogP) is 2.96. The van der Waals surface area contributed by atoms with Crippen LogP contribution in [-0.4, -0.2) is 30.1 Å². The first-order valence-corrected chi connectivity index (χ1v) is 8.52. The maximum Gasteiger partial charge on any atom is 0.320 e. The van der Waals surface area contributed by atoms with Crippen molar-refractivity contribution >= 4 is 17.6 Å². The average molecular weight is 332 g/mol. The molecule has 0 fully saturated rings. The molecule has 1 heterocycles. The Morgan fingerprint density at radius 1 is 1.33 bits per heavy atom. The molecule has 1 amide bonds. The van der Waals surface area contributed by atoms with Crippen LogP contribution in [0.2, 0.25) is 0 Å². The van der Waals surface area contributed by atoms with Crippen LogP contribution in [0.3, 0.4) is 0 Å². The van der Waals surface area contributed by atoms with Gasteiger partial charge in [-0.25, -0.2) is 0 Å². The molecule has 24 heavy (non-hydrogen) atoms. The third-order valence-electron chi connectivity index (χ3n) is 4.53. The van der Waals surface area contributed by atoms with E-state index in [1.165, 1.54) is 5.56 Å². The summed E-state index contributed by atoms with van der Waals surface area (Å²) in [7, 11) is 1.79. The second-order valence-electron chi connectivity index (χ2n) is 7.79. The van der Waals surface area contributed by atoms with E-state index in [0.29, 0.717) is 19.4 Å². The maximum absolute atomic E-state index is 11.8. The molecule has 0 saturated carbocycles. The lowest BCUT2D eigenvalue weighted by Crippen LogP contribution is -2.37. The highest BCUT2D eigenvalue weighted by Gasteiger charge is 2.22. The molecule has 132 valence electrons. The van der Waals surface area contributed by atoms with E-state index in [4.69, 9.17) is 0 Å². The summed E-state index contributed by atoms with van der Waals surface area (Å²) in [6.45, 7) is 6.82. The monoisotopic (exact) mass is 332 g/mol. The van der Waals surface area contributed by atoms with Crippen molar-refractivity contribution in [3.05, 3.63) is 29.3 Å².